The molecule has 1 aromatic carbocycles. The number of piperazine rings is 1. The monoisotopic (exact) mass is 290 g/mol. The second-order valence-corrected chi connectivity index (χ2v) is 5.47. The van der Waals surface area contributed by atoms with Crippen LogP contribution in [-0.4, -0.2) is 50.3 Å². The molecule has 0 aliphatic carbocycles. The van der Waals surface area contributed by atoms with Crippen molar-refractivity contribution in [1.29, 1.82) is 0 Å². The number of fused-ring (bicyclic) bond motifs is 1. The summed E-state index contributed by atoms with van der Waals surface area (Å²) < 4.78 is 11.2. The van der Waals surface area contributed by atoms with Crippen LogP contribution in [0.5, 0.6) is 0 Å². The maximum Gasteiger partial charge on any atom is 0.333 e. The molecule has 0 saturated carbocycles. The number of rotatable bonds is 3. The van der Waals surface area contributed by atoms with Crippen LogP contribution in [0.3, 0.4) is 0 Å². The molecular formula is C16H22N2O3. The summed E-state index contributed by atoms with van der Waals surface area (Å²) in [6, 6.07) is 8.04. The van der Waals surface area contributed by atoms with Crippen molar-refractivity contribution in [1.82, 2.24) is 10.2 Å². The highest BCUT2D eigenvalue weighted by Crippen LogP contribution is 2.37. The van der Waals surface area contributed by atoms with E-state index in [0.717, 1.165) is 37.3 Å². The van der Waals surface area contributed by atoms with E-state index in [-0.39, 0.29) is 5.97 Å². The van der Waals surface area contributed by atoms with Crippen molar-refractivity contribution in [3.8, 4) is 0 Å². The van der Waals surface area contributed by atoms with E-state index in [9.17, 15) is 4.79 Å². The van der Waals surface area contributed by atoms with Gasteiger partial charge in [-0.3, -0.25) is 4.90 Å². The molecule has 21 heavy (non-hydrogen) atoms. The number of nitrogens with zero attached hydrogens (tertiary/aromatic N) is 1. The van der Waals surface area contributed by atoms with Gasteiger partial charge in [-0.25, -0.2) is 4.79 Å². The third kappa shape index (κ3) is 2.46. The fraction of sp³-hybridized carbons (Fsp3) is 0.562. The molecule has 2 aliphatic heterocycles. The Labute approximate surface area is 125 Å². The van der Waals surface area contributed by atoms with Gasteiger partial charge >= 0.3 is 5.97 Å². The van der Waals surface area contributed by atoms with Gasteiger partial charge in [0.15, 0.2) is 5.54 Å². The van der Waals surface area contributed by atoms with E-state index >= 15 is 0 Å². The van der Waals surface area contributed by atoms with Gasteiger partial charge in [0.1, 0.15) is 0 Å². The van der Waals surface area contributed by atoms with E-state index in [4.69, 9.17) is 9.47 Å². The van der Waals surface area contributed by atoms with E-state index in [1.54, 1.807) is 0 Å². The quantitative estimate of drug-likeness (QED) is 0.838. The van der Waals surface area contributed by atoms with Crippen molar-refractivity contribution in [3.63, 3.8) is 0 Å². The Kier molecular flexibility index (Phi) is 4.24. The van der Waals surface area contributed by atoms with Crippen molar-refractivity contribution in [3.05, 3.63) is 35.4 Å². The summed E-state index contributed by atoms with van der Waals surface area (Å²) in [6.45, 7) is 6.54. The fourth-order valence-corrected chi connectivity index (χ4v) is 3.29. The second kappa shape index (κ2) is 6.13. The number of nitrogens with one attached hydrogen (secondary N) is 1. The molecule has 0 radical (unpaired) electrons. The molecule has 2 heterocycles. The van der Waals surface area contributed by atoms with E-state index in [2.05, 4.69) is 10.2 Å². The van der Waals surface area contributed by atoms with E-state index in [1.807, 2.05) is 31.2 Å². The Morgan fingerprint density at radius 3 is 2.90 bits per heavy atom. The zero-order valence-corrected chi connectivity index (χ0v) is 12.4. The predicted molar refractivity (Wildman–Crippen MR) is 78.9 cm³/mol. The molecule has 0 aromatic heterocycles. The van der Waals surface area contributed by atoms with Crippen LogP contribution in [0, 0.1) is 0 Å². The molecular weight excluding hydrogens is 268 g/mol. The largest absolute Gasteiger partial charge is 0.464 e. The second-order valence-electron chi connectivity index (χ2n) is 5.47. The normalized spacial score (nSPS) is 26.1. The summed E-state index contributed by atoms with van der Waals surface area (Å²) in [7, 11) is 0. The van der Waals surface area contributed by atoms with Crippen LogP contribution in [0.15, 0.2) is 24.3 Å². The molecule has 0 amide bonds. The Morgan fingerprint density at radius 2 is 2.14 bits per heavy atom. The summed E-state index contributed by atoms with van der Waals surface area (Å²) >= 11 is 0. The van der Waals surface area contributed by atoms with Crippen LogP contribution in [0.25, 0.3) is 0 Å². The van der Waals surface area contributed by atoms with Crippen molar-refractivity contribution in [2.45, 2.75) is 19.1 Å². The van der Waals surface area contributed by atoms with Gasteiger partial charge in [0.25, 0.3) is 0 Å². The third-order valence-corrected chi connectivity index (χ3v) is 4.30. The SMILES string of the molecule is CCOC(=O)C1(N2CCNCC2)COCc2ccccc21. The molecule has 114 valence electrons. The number of hydrogen-bond acceptors (Lipinski definition) is 5. The molecule has 1 unspecified atom stereocenters. The Bertz CT molecular complexity index is 514. The Balaban J connectivity index is 2.06. The highest BCUT2D eigenvalue weighted by atomic mass is 16.5. The van der Waals surface area contributed by atoms with Crippen molar-refractivity contribution < 1.29 is 14.3 Å². The number of ether oxygens (including phenoxy) is 2. The topological polar surface area (TPSA) is 50.8 Å². The fourth-order valence-electron chi connectivity index (χ4n) is 3.29. The Hall–Kier alpha value is -1.43. The summed E-state index contributed by atoms with van der Waals surface area (Å²) in [4.78, 5) is 15.0. The van der Waals surface area contributed by atoms with Crippen LogP contribution in [0.1, 0.15) is 18.1 Å². The number of hydrogen-bond donors (Lipinski definition) is 1. The molecule has 5 heteroatoms. The van der Waals surface area contributed by atoms with Crippen LogP contribution in [0.4, 0.5) is 0 Å². The first-order valence-corrected chi connectivity index (χ1v) is 7.58. The van der Waals surface area contributed by atoms with Crippen LogP contribution < -0.4 is 5.32 Å². The standard InChI is InChI=1S/C16H22N2O3/c1-2-21-15(19)16(18-9-7-17-8-10-18)12-20-11-13-5-3-4-6-14(13)16/h3-6,17H,2,7-12H2,1H3. The van der Waals surface area contributed by atoms with Gasteiger partial charge < -0.3 is 14.8 Å². The van der Waals surface area contributed by atoms with Crippen LogP contribution in [-0.2, 0) is 26.4 Å². The smallest absolute Gasteiger partial charge is 0.333 e. The van der Waals surface area contributed by atoms with Gasteiger partial charge in [-0.2, -0.15) is 0 Å². The van der Waals surface area contributed by atoms with Crippen molar-refractivity contribution in [2.75, 3.05) is 39.4 Å². The lowest BCUT2D eigenvalue weighted by atomic mass is 9.83. The first kappa shape index (κ1) is 14.5. The first-order valence-electron chi connectivity index (χ1n) is 7.58. The summed E-state index contributed by atoms with van der Waals surface area (Å²) in [5.74, 6) is -0.195. The van der Waals surface area contributed by atoms with Crippen LogP contribution >= 0.6 is 0 Å². The van der Waals surface area contributed by atoms with Gasteiger partial charge in [0.2, 0.25) is 0 Å². The lowest BCUT2D eigenvalue weighted by Gasteiger charge is -2.46. The average molecular weight is 290 g/mol. The minimum absolute atomic E-state index is 0.195. The minimum Gasteiger partial charge on any atom is -0.464 e. The van der Waals surface area contributed by atoms with Gasteiger partial charge in [0, 0.05) is 26.2 Å². The molecule has 1 aromatic rings. The van der Waals surface area contributed by atoms with E-state index in [0.29, 0.717) is 19.8 Å². The van der Waals surface area contributed by atoms with Crippen LogP contribution in [0.2, 0.25) is 0 Å². The molecule has 1 fully saturated rings. The Morgan fingerprint density at radius 1 is 1.38 bits per heavy atom. The number of carbonyl (C=O) groups excluding carboxylic acids is 1. The molecule has 1 atom stereocenters. The highest BCUT2D eigenvalue weighted by molar-refractivity contribution is 5.84. The summed E-state index contributed by atoms with van der Waals surface area (Å²) in [5, 5.41) is 3.33. The predicted octanol–water partition coefficient (Wildman–Crippen LogP) is 0.880. The lowest BCUT2D eigenvalue weighted by Crippen LogP contribution is -2.62. The molecule has 2 aliphatic rings. The summed E-state index contributed by atoms with van der Waals surface area (Å²) in [5.41, 5.74) is 1.32. The average Bonchev–Trinajstić information content (AvgIpc) is 2.55. The van der Waals surface area contributed by atoms with Gasteiger partial charge in [-0.15, -0.1) is 0 Å². The maximum atomic E-state index is 12.8. The minimum atomic E-state index is -0.799. The van der Waals surface area contributed by atoms with Gasteiger partial charge in [0.05, 0.1) is 19.8 Å². The molecule has 1 saturated heterocycles. The van der Waals surface area contributed by atoms with E-state index < -0.39 is 5.54 Å². The number of esters is 1. The number of carbonyl (C=O) groups is 1. The first-order chi connectivity index (χ1) is 10.3. The van der Waals surface area contributed by atoms with E-state index in [1.165, 1.54) is 0 Å². The number of benzene rings is 1. The maximum absolute atomic E-state index is 12.8. The summed E-state index contributed by atoms with van der Waals surface area (Å²) in [6.07, 6.45) is 0. The third-order valence-electron chi connectivity index (χ3n) is 4.30. The van der Waals surface area contributed by atoms with Crippen molar-refractivity contribution in [2.24, 2.45) is 0 Å². The zero-order chi connectivity index (χ0) is 14.7. The molecule has 1 N–H and O–H groups in total. The van der Waals surface area contributed by atoms with Gasteiger partial charge in [-0.1, -0.05) is 24.3 Å². The molecule has 5 nitrogen and oxygen atoms in total. The highest BCUT2D eigenvalue weighted by Gasteiger charge is 2.50. The lowest BCUT2D eigenvalue weighted by molar-refractivity contribution is -0.167. The van der Waals surface area contributed by atoms with Gasteiger partial charge in [-0.05, 0) is 18.1 Å². The molecule has 0 bridgehead atoms. The zero-order valence-electron chi connectivity index (χ0n) is 12.4. The molecule has 3 rings (SSSR count). The molecule has 0 spiro atoms. The van der Waals surface area contributed by atoms with Crippen molar-refractivity contribution >= 4 is 5.97 Å².